The Bertz CT molecular complexity index is 1420. The van der Waals surface area contributed by atoms with Gasteiger partial charge in [0.05, 0.1) is 15.9 Å². The number of aryl methyl sites for hydroxylation is 2. The highest BCUT2D eigenvalue weighted by Crippen LogP contribution is 2.28. The van der Waals surface area contributed by atoms with Crippen molar-refractivity contribution in [3.05, 3.63) is 54.2 Å². The molecular weight excluding hydrogens is 464 g/mol. The third-order valence-corrected chi connectivity index (χ3v) is 6.26. The molecule has 4 rings (SSSR count). The average Bonchev–Trinajstić information content (AvgIpc) is 3.09. The van der Waals surface area contributed by atoms with Crippen LogP contribution in [0.15, 0.2) is 53.6 Å². The number of sulfonamides is 1. The fraction of sp³-hybridized carbons (Fsp3) is 0.190. The molecule has 12 heteroatoms. The number of nitrogens with zero attached hydrogens (tertiary/aromatic N) is 5. The zero-order valence-corrected chi connectivity index (χ0v) is 20.2. The fourth-order valence-electron chi connectivity index (χ4n) is 3.46. The van der Waals surface area contributed by atoms with Crippen LogP contribution in [0.4, 0.5) is 29.1 Å². The third-order valence-electron chi connectivity index (χ3n) is 5.21. The van der Waals surface area contributed by atoms with Crippen LogP contribution in [0.25, 0.3) is 11.0 Å². The molecule has 33 heavy (non-hydrogen) atoms. The maximum atomic E-state index is 11.8. The van der Waals surface area contributed by atoms with Crippen molar-refractivity contribution >= 4 is 62.6 Å². The van der Waals surface area contributed by atoms with E-state index in [9.17, 15) is 8.42 Å². The Kier molecular flexibility index (Phi) is 6.77. The van der Waals surface area contributed by atoms with Gasteiger partial charge in [0.25, 0.3) is 0 Å². The Hall–Kier alpha value is -3.41. The van der Waals surface area contributed by atoms with Crippen molar-refractivity contribution in [3.8, 4) is 0 Å². The first-order valence-corrected chi connectivity index (χ1v) is 11.3. The topological polar surface area (TPSA) is 131 Å². The van der Waals surface area contributed by atoms with E-state index in [0.29, 0.717) is 23.0 Å². The van der Waals surface area contributed by atoms with Gasteiger partial charge in [0.2, 0.25) is 21.9 Å². The van der Waals surface area contributed by atoms with Gasteiger partial charge >= 0.3 is 0 Å². The molecule has 0 fully saturated rings. The van der Waals surface area contributed by atoms with Crippen LogP contribution in [-0.4, -0.2) is 42.0 Å². The molecule has 0 aliphatic rings. The van der Waals surface area contributed by atoms with Crippen LogP contribution >= 0.6 is 12.4 Å². The Labute approximate surface area is 198 Å². The molecule has 2 aromatic heterocycles. The van der Waals surface area contributed by atoms with Gasteiger partial charge in [-0.25, -0.2) is 23.5 Å². The summed E-state index contributed by atoms with van der Waals surface area (Å²) in [6.07, 6.45) is 1.63. The van der Waals surface area contributed by atoms with Gasteiger partial charge in [-0.1, -0.05) is 6.07 Å². The van der Waals surface area contributed by atoms with E-state index in [1.165, 1.54) is 6.07 Å². The quantitative estimate of drug-likeness (QED) is 0.376. The first-order valence-electron chi connectivity index (χ1n) is 9.79. The lowest BCUT2D eigenvalue weighted by Gasteiger charge is -2.19. The molecule has 0 aliphatic carbocycles. The van der Waals surface area contributed by atoms with E-state index in [1.54, 1.807) is 31.3 Å². The summed E-state index contributed by atoms with van der Waals surface area (Å²) in [6, 6.07) is 12.7. The van der Waals surface area contributed by atoms with Crippen molar-refractivity contribution in [1.29, 1.82) is 0 Å². The molecule has 0 saturated heterocycles. The van der Waals surface area contributed by atoms with Crippen molar-refractivity contribution in [2.75, 3.05) is 29.6 Å². The van der Waals surface area contributed by atoms with Crippen molar-refractivity contribution in [2.24, 2.45) is 12.2 Å². The highest BCUT2D eigenvalue weighted by molar-refractivity contribution is 7.89. The SMILES string of the molecule is CNc1nc2cc(N(C)c3ccnc(Nc4ccc(C)c(S(N)(=O)=O)c4)n3)ccc2n1C.Cl. The largest absolute Gasteiger partial charge is 0.359 e. The standard InChI is InChI=1S/C21H24N8O2S.ClH/c1-13-5-6-14(11-18(13)32(22,30)31)25-20-24-10-9-19(27-20)28(3)15-7-8-17-16(12-15)26-21(23-2)29(17)4;/h5-12H,1-4H3,(H,23,26)(H2,22,30,31)(H,24,25,27);1H. The molecule has 0 bridgehead atoms. The molecule has 2 heterocycles. The van der Waals surface area contributed by atoms with Crippen molar-refractivity contribution < 1.29 is 8.42 Å². The molecule has 0 radical (unpaired) electrons. The average molecular weight is 489 g/mol. The highest BCUT2D eigenvalue weighted by Gasteiger charge is 2.14. The number of anilines is 5. The van der Waals surface area contributed by atoms with Crippen LogP contribution in [0.1, 0.15) is 5.56 Å². The van der Waals surface area contributed by atoms with E-state index < -0.39 is 10.0 Å². The van der Waals surface area contributed by atoms with Crippen LogP contribution in [0.5, 0.6) is 0 Å². The van der Waals surface area contributed by atoms with E-state index >= 15 is 0 Å². The zero-order valence-electron chi connectivity index (χ0n) is 18.6. The second kappa shape index (κ2) is 9.22. The second-order valence-corrected chi connectivity index (χ2v) is 8.90. The molecule has 0 saturated carbocycles. The van der Waals surface area contributed by atoms with E-state index in [0.717, 1.165) is 22.7 Å². The van der Waals surface area contributed by atoms with Crippen LogP contribution in [0.2, 0.25) is 0 Å². The number of nitrogens with one attached hydrogen (secondary N) is 2. The summed E-state index contributed by atoms with van der Waals surface area (Å²) >= 11 is 0. The summed E-state index contributed by atoms with van der Waals surface area (Å²) in [5.74, 6) is 1.77. The summed E-state index contributed by atoms with van der Waals surface area (Å²) < 4.78 is 25.6. The first-order chi connectivity index (χ1) is 15.2. The van der Waals surface area contributed by atoms with Gasteiger partial charge in [-0.15, -0.1) is 12.4 Å². The van der Waals surface area contributed by atoms with Gasteiger partial charge in [-0.05, 0) is 48.9 Å². The lowest BCUT2D eigenvalue weighted by Crippen LogP contribution is -2.14. The summed E-state index contributed by atoms with van der Waals surface area (Å²) in [5.41, 5.74) is 3.88. The van der Waals surface area contributed by atoms with Crippen molar-refractivity contribution in [1.82, 2.24) is 19.5 Å². The van der Waals surface area contributed by atoms with Gasteiger partial charge in [-0.2, -0.15) is 4.98 Å². The lowest BCUT2D eigenvalue weighted by atomic mass is 10.2. The number of imidazole rings is 1. The molecule has 0 spiro atoms. The number of halogens is 1. The maximum absolute atomic E-state index is 11.8. The van der Waals surface area contributed by atoms with Crippen LogP contribution in [0.3, 0.4) is 0 Å². The number of rotatable bonds is 6. The number of hydrogen-bond donors (Lipinski definition) is 3. The summed E-state index contributed by atoms with van der Waals surface area (Å²) in [5, 5.41) is 11.4. The minimum absolute atomic E-state index is 0. The molecule has 174 valence electrons. The smallest absolute Gasteiger partial charge is 0.238 e. The van der Waals surface area contributed by atoms with E-state index in [2.05, 4.69) is 25.6 Å². The molecular formula is C21H25ClN8O2S. The molecule has 0 unspecified atom stereocenters. The van der Waals surface area contributed by atoms with Crippen molar-refractivity contribution in [3.63, 3.8) is 0 Å². The minimum atomic E-state index is -3.83. The number of nitrogens with two attached hydrogens (primary N) is 1. The van der Waals surface area contributed by atoms with Gasteiger partial charge < -0.3 is 20.1 Å². The molecule has 10 nitrogen and oxygen atoms in total. The van der Waals surface area contributed by atoms with Gasteiger partial charge in [0, 0.05) is 38.7 Å². The maximum Gasteiger partial charge on any atom is 0.238 e. The van der Waals surface area contributed by atoms with Crippen LogP contribution in [-0.2, 0) is 17.1 Å². The summed E-state index contributed by atoms with van der Waals surface area (Å²) in [7, 11) is 1.87. The third kappa shape index (κ3) is 4.85. The Morgan fingerprint density at radius 1 is 1.09 bits per heavy atom. The van der Waals surface area contributed by atoms with E-state index in [4.69, 9.17) is 5.14 Å². The fourth-order valence-corrected chi connectivity index (χ4v) is 4.27. The molecule has 4 aromatic rings. The van der Waals surface area contributed by atoms with Crippen LogP contribution in [0, 0.1) is 6.92 Å². The Balaban J connectivity index is 0.00000306. The minimum Gasteiger partial charge on any atom is -0.359 e. The predicted molar refractivity (Wildman–Crippen MR) is 133 cm³/mol. The Morgan fingerprint density at radius 2 is 1.85 bits per heavy atom. The monoisotopic (exact) mass is 488 g/mol. The molecule has 2 aromatic carbocycles. The first kappa shape index (κ1) is 24.2. The molecule has 0 aliphatic heterocycles. The normalized spacial score (nSPS) is 11.2. The van der Waals surface area contributed by atoms with Gasteiger partial charge in [-0.3, -0.25) is 0 Å². The number of hydrogen-bond acceptors (Lipinski definition) is 8. The van der Waals surface area contributed by atoms with E-state index in [1.807, 2.05) is 48.8 Å². The number of benzene rings is 2. The molecule has 4 N–H and O–H groups in total. The number of aromatic nitrogens is 4. The zero-order chi connectivity index (χ0) is 23.0. The number of fused-ring (bicyclic) bond motifs is 1. The summed E-state index contributed by atoms with van der Waals surface area (Å²) in [4.78, 5) is 15.4. The molecule has 0 atom stereocenters. The second-order valence-electron chi connectivity index (χ2n) is 7.37. The van der Waals surface area contributed by atoms with E-state index in [-0.39, 0.29) is 17.3 Å². The summed E-state index contributed by atoms with van der Waals surface area (Å²) in [6.45, 7) is 1.69. The van der Waals surface area contributed by atoms with Gasteiger partial charge in [0.1, 0.15) is 5.82 Å². The van der Waals surface area contributed by atoms with Gasteiger partial charge in [0.15, 0.2) is 0 Å². The van der Waals surface area contributed by atoms with Crippen LogP contribution < -0.4 is 20.7 Å². The predicted octanol–water partition coefficient (Wildman–Crippen LogP) is 3.29. The Morgan fingerprint density at radius 3 is 2.55 bits per heavy atom. The lowest BCUT2D eigenvalue weighted by molar-refractivity contribution is 0.597. The molecule has 0 amide bonds. The highest BCUT2D eigenvalue weighted by atomic mass is 35.5. The number of primary sulfonamides is 1. The van der Waals surface area contributed by atoms with Crippen molar-refractivity contribution in [2.45, 2.75) is 11.8 Å².